The van der Waals surface area contributed by atoms with Gasteiger partial charge in [-0.1, -0.05) is 6.07 Å². The minimum Gasteiger partial charge on any atom is -0.373 e. The van der Waals surface area contributed by atoms with Gasteiger partial charge in [0, 0.05) is 12.2 Å². The average Bonchev–Trinajstić information content (AvgIpc) is 2.77. The summed E-state index contributed by atoms with van der Waals surface area (Å²) >= 11 is 0. The van der Waals surface area contributed by atoms with Crippen LogP contribution in [0.15, 0.2) is 12.1 Å². The van der Waals surface area contributed by atoms with Crippen LogP contribution < -0.4 is 5.32 Å². The van der Waals surface area contributed by atoms with E-state index < -0.39 is 23.3 Å². The van der Waals surface area contributed by atoms with Gasteiger partial charge in [0.15, 0.2) is 0 Å². The van der Waals surface area contributed by atoms with Crippen molar-refractivity contribution in [1.82, 2.24) is 5.32 Å². The fraction of sp³-hybridized carbons (Fsp3) is 0.571. The Morgan fingerprint density at radius 1 is 1.39 bits per heavy atom. The molecule has 100 valence electrons. The van der Waals surface area contributed by atoms with Crippen LogP contribution in [0.25, 0.3) is 0 Å². The van der Waals surface area contributed by atoms with Crippen LogP contribution >= 0.6 is 0 Å². The first-order chi connectivity index (χ1) is 8.49. The summed E-state index contributed by atoms with van der Waals surface area (Å²) in [6.45, 7) is 4.19. The van der Waals surface area contributed by atoms with Crippen LogP contribution in [-0.4, -0.2) is 19.3 Å². The Bertz CT molecular complexity index is 442. The van der Waals surface area contributed by atoms with Gasteiger partial charge in [0.05, 0.1) is 11.6 Å². The Kier molecular flexibility index (Phi) is 3.69. The van der Waals surface area contributed by atoms with Crippen molar-refractivity contribution < 1.29 is 13.5 Å². The first-order valence-electron chi connectivity index (χ1n) is 6.25. The Morgan fingerprint density at radius 2 is 2.11 bits per heavy atom. The largest absolute Gasteiger partial charge is 0.373 e. The number of halogens is 2. The fourth-order valence-electron chi connectivity index (χ4n) is 2.73. The van der Waals surface area contributed by atoms with Crippen molar-refractivity contribution in [2.45, 2.75) is 38.3 Å². The van der Waals surface area contributed by atoms with Crippen molar-refractivity contribution in [2.24, 2.45) is 0 Å². The van der Waals surface area contributed by atoms with Crippen molar-refractivity contribution in [3.63, 3.8) is 0 Å². The molecule has 0 amide bonds. The van der Waals surface area contributed by atoms with E-state index in [-0.39, 0.29) is 5.56 Å². The molecule has 0 aromatic heterocycles. The minimum atomic E-state index is -0.551. The van der Waals surface area contributed by atoms with Crippen LogP contribution in [0.5, 0.6) is 0 Å². The molecule has 4 heteroatoms. The second-order valence-corrected chi connectivity index (χ2v) is 5.08. The number of rotatable bonds is 3. The van der Waals surface area contributed by atoms with Gasteiger partial charge in [-0.2, -0.15) is 0 Å². The molecule has 0 saturated carbocycles. The van der Waals surface area contributed by atoms with E-state index in [1.54, 1.807) is 14.0 Å². The predicted molar refractivity (Wildman–Crippen MR) is 66.5 cm³/mol. The second-order valence-electron chi connectivity index (χ2n) is 5.08. The number of ether oxygens (including phenoxy) is 1. The van der Waals surface area contributed by atoms with E-state index in [9.17, 15) is 8.78 Å². The molecule has 2 atom stereocenters. The van der Waals surface area contributed by atoms with Crippen molar-refractivity contribution >= 4 is 0 Å². The number of aryl methyl sites for hydroxylation is 1. The summed E-state index contributed by atoms with van der Waals surface area (Å²) in [5, 5.41) is 3.00. The number of likely N-dealkylation sites (N-methyl/N-ethyl adjacent to an activating group) is 1. The number of nitrogens with one attached hydrogen (secondary N) is 1. The molecule has 1 aromatic rings. The molecule has 2 rings (SSSR count). The van der Waals surface area contributed by atoms with Crippen molar-refractivity contribution in [1.29, 1.82) is 0 Å². The standard InChI is InChI=1S/C14H19F2NO/c1-9-5-6-10(15)11(12(9)16)13(17-3)14(2)7-4-8-18-14/h5-6,13,17H,4,7-8H2,1-3H3. The maximum Gasteiger partial charge on any atom is 0.133 e. The van der Waals surface area contributed by atoms with Gasteiger partial charge in [-0.3, -0.25) is 0 Å². The molecule has 0 spiro atoms. The first kappa shape index (κ1) is 13.4. The van der Waals surface area contributed by atoms with E-state index in [4.69, 9.17) is 4.74 Å². The molecule has 1 aliphatic heterocycles. The van der Waals surface area contributed by atoms with Gasteiger partial charge in [-0.15, -0.1) is 0 Å². The molecule has 1 fully saturated rings. The van der Waals surface area contributed by atoms with Crippen molar-refractivity contribution in [3.05, 3.63) is 34.9 Å². The maximum atomic E-state index is 14.2. The Labute approximate surface area is 106 Å². The molecule has 0 radical (unpaired) electrons. The summed E-state index contributed by atoms with van der Waals surface area (Å²) in [5.74, 6) is -1.000. The van der Waals surface area contributed by atoms with E-state index >= 15 is 0 Å². The molecular weight excluding hydrogens is 236 g/mol. The maximum absolute atomic E-state index is 14.2. The van der Waals surface area contributed by atoms with Crippen LogP contribution in [0.3, 0.4) is 0 Å². The molecule has 0 aliphatic carbocycles. The summed E-state index contributed by atoms with van der Waals surface area (Å²) in [4.78, 5) is 0. The Hall–Kier alpha value is -1.00. The summed E-state index contributed by atoms with van der Waals surface area (Å²) < 4.78 is 33.8. The van der Waals surface area contributed by atoms with Gasteiger partial charge in [-0.05, 0) is 45.4 Å². The van der Waals surface area contributed by atoms with Gasteiger partial charge in [0.1, 0.15) is 11.6 Å². The first-order valence-corrected chi connectivity index (χ1v) is 6.25. The molecule has 1 N–H and O–H groups in total. The summed E-state index contributed by atoms with van der Waals surface area (Å²) in [5.41, 5.74) is -0.0142. The lowest BCUT2D eigenvalue weighted by molar-refractivity contribution is -0.0123. The summed E-state index contributed by atoms with van der Waals surface area (Å²) in [6, 6.07) is 2.30. The quantitative estimate of drug-likeness (QED) is 0.896. The van der Waals surface area contributed by atoms with Crippen molar-refractivity contribution in [3.8, 4) is 0 Å². The second kappa shape index (κ2) is 4.94. The van der Waals surface area contributed by atoms with Gasteiger partial charge in [0.2, 0.25) is 0 Å². The van der Waals surface area contributed by atoms with Crippen LogP contribution in [0.4, 0.5) is 8.78 Å². The van der Waals surface area contributed by atoms with Crippen molar-refractivity contribution in [2.75, 3.05) is 13.7 Å². The average molecular weight is 255 g/mol. The highest BCUT2D eigenvalue weighted by atomic mass is 19.1. The van der Waals surface area contributed by atoms with Crippen LogP contribution in [0.2, 0.25) is 0 Å². The van der Waals surface area contributed by atoms with Gasteiger partial charge < -0.3 is 10.1 Å². The third-order valence-electron chi connectivity index (χ3n) is 3.76. The highest BCUT2D eigenvalue weighted by Crippen LogP contribution is 2.39. The molecule has 2 unspecified atom stereocenters. The minimum absolute atomic E-state index is 0.0851. The SMILES string of the molecule is CNC(c1c(F)ccc(C)c1F)C1(C)CCCO1. The van der Waals surface area contributed by atoms with Crippen LogP contribution in [0, 0.1) is 18.6 Å². The third kappa shape index (κ3) is 2.15. The van der Waals surface area contributed by atoms with E-state index in [1.165, 1.54) is 12.1 Å². The van der Waals surface area contributed by atoms with Crippen LogP contribution in [0.1, 0.15) is 36.9 Å². The van der Waals surface area contributed by atoms with Gasteiger partial charge in [0.25, 0.3) is 0 Å². The topological polar surface area (TPSA) is 21.3 Å². The van der Waals surface area contributed by atoms with E-state index in [0.29, 0.717) is 12.2 Å². The smallest absolute Gasteiger partial charge is 0.133 e. The fourth-order valence-corrected chi connectivity index (χ4v) is 2.73. The zero-order chi connectivity index (χ0) is 13.3. The monoisotopic (exact) mass is 255 g/mol. The highest BCUT2D eigenvalue weighted by molar-refractivity contribution is 5.31. The lowest BCUT2D eigenvalue weighted by Gasteiger charge is -2.34. The van der Waals surface area contributed by atoms with Gasteiger partial charge in [-0.25, -0.2) is 8.78 Å². The summed E-state index contributed by atoms with van der Waals surface area (Å²) in [6.07, 6.45) is 1.72. The zero-order valence-corrected chi connectivity index (χ0v) is 11.0. The molecule has 18 heavy (non-hydrogen) atoms. The molecular formula is C14H19F2NO. The lowest BCUT2D eigenvalue weighted by atomic mass is 9.86. The Morgan fingerprint density at radius 3 is 2.67 bits per heavy atom. The molecule has 0 bridgehead atoms. The molecule has 1 heterocycles. The number of hydrogen-bond donors (Lipinski definition) is 1. The Balaban J connectivity index is 2.48. The normalized spacial score (nSPS) is 25.4. The number of hydrogen-bond acceptors (Lipinski definition) is 2. The highest BCUT2D eigenvalue weighted by Gasteiger charge is 2.41. The van der Waals surface area contributed by atoms with Crippen LogP contribution in [-0.2, 0) is 4.74 Å². The van der Waals surface area contributed by atoms with E-state index in [2.05, 4.69) is 5.32 Å². The molecule has 1 aromatic carbocycles. The zero-order valence-electron chi connectivity index (χ0n) is 11.0. The predicted octanol–water partition coefficient (Wildman–Crippen LogP) is 3.10. The molecule has 2 nitrogen and oxygen atoms in total. The van der Waals surface area contributed by atoms with Gasteiger partial charge >= 0.3 is 0 Å². The lowest BCUT2D eigenvalue weighted by Crippen LogP contribution is -2.40. The summed E-state index contributed by atoms with van der Waals surface area (Å²) in [7, 11) is 1.71. The molecule has 1 saturated heterocycles. The van der Waals surface area contributed by atoms with E-state index in [1.807, 2.05) is 6.92 Å². The molecule has 1 aliphatic rings. The van der Waals surface area contributed by atoms with E-state index in [0.717, 1.165) is 12.8 Å². The number of benzene rings is 1. The third-order valence-corrected chi connectivity index (χ3v) is 3.76.